The van der Waals surface area contributed by atoms with E-state index in [0.29, 0.717) is 17.8 Å². The highest BCUT2D eigenvalue weighted by atomic mass is 16.1. The Bertz CT molecular complexity index is 1150. The second kappa shape index (κ2) is 7.79. The maximum Gasteiger partial charge on any atom is 0.258 e. The van der Waals surface area contributed by atoms with E-state index in [1.54, 1.807) is 0 Å². The molecule has 0 radical (unpaired) electrons. The van der Waals surface area contributed by atoms with Crippen LogP contribution in [0.15, 0.2) is 77.6 Å². The molecule has 0 fully saturated rings. The molecule has 0 aliphatic rings. The van der Waals surface area contributed by atoms with Crippen molar-refractivity contribution in [1.82, 2.24) is 15.3 Å². The largest absolute Gasteiger partial charge is 0.309 e. The fourth-order valence-electron chi connectivity index (χ4n) is 3.40. The minimum Gasteiger partial charge on any atom is -0.309 e. The van der Waals surface area contributed by atoms with Crippen molar-refractivity contribution in [3.63, 3.8) is 0 Å². The lowest BCUT2D eigenvalue weighted by Crippen LogP contribution is -2.22. The zero-order valence-corrected chi connectivity index (χ0v) is 16.1. The van der Waals surface area contributed by atoms with Crippen molar-refractivity contribution in [2.45, 2.75) is 26.4 Å². The molecular formula is C24H23N3O. The fourth-order valence-corrected chi connectivity index (χ4v) is 3.40. The number of para-hydroxylation sites is 1. The van der Waals surface area contributed by atoms with Crippen LogP contribution in [-0.4, -0.2) is 9.97 Å². The molecule has 1 heterocycles. The zero-order valence-electron chi connectivity index (χ0n) is 16.1. The van der Waals surface area contributed by atoms with Crippen molar-refractivity contribution in [1.29, 1.82) is 0 Å². The van der Waals surface area contributed by atoms with Crippen LogP contribution >= 0.6 is 0 Å². The molecule has 0 aliphatic carbocycles. The predicted molar refractivity (Wildman–Crippen MR) is 114 cm³/mol. The lowest BCUT2D eigenvalue weighted by molar-refractivity contribution is 0.559. The van der Waals surface area contributed by atoms with Crippen LogP contribution in [0.2, 0.25) is 0 Å². The third-order valence-electron chi connectivity index (χ3n) is 5.08. The molecule has 3 aromatic carbocycles. The first-order chi connectivity index (χ1) is 13.6. The number of aromatic nitrogens is 2. The third-order valence-corrected chi connectivity index (χ3v) is 5.08. The second-order valence-electron chi connectivity index (χ2n) is 7.07. The van der Waals surface area contributed by atoms with Crippen LogP contribution in [0.5, 0.6) is 0 Å². The van der Waals surface area contributed by atoms with Crippen molar-refractivity contribution >= 4 is 10.9 Å². The SMILES string of the molecule is Cc1cccc2c(=O)[nH]c(CN[C@H](C)c3ccc(-c4ccccc4)cc3)nc12. The molecule has 140 valence electrons. The lowest BCUT2D eigenvalue weighted by atomic mass is 10.0. The molecule has 0 spiro atoms. The summed E-state index contributed by atoms with van der Waals surface area (Å²) < 4.78 is 0. The zero-order chi connectivity index (χ0) is 19.5. The molecule has 2 N–H and O–H groups in total. The molecule has 4 nitrogen and oxygen atoms in total. The minimum absolute atomic E-state index is 0.0923. The van der Waals surface area contributed by atoms with Gasteiger partial charge in [0.05, 0.1) is 17.4 Å². The van der Waals surface area contributed by atoms with E-state index in [9.17, 15) is 4.79 Å². The van der Waals surface area contributed by atoms with Gasteiger partial charge in [-0.2, -0.15) is 0 Å². The first kappa shape index (κ1) is 18.1. The van der Waals surface area contributed by atoms with Crippen molar-refractivity contribution in [2.24, 2.45) is 0 Å². The Hall–Kier alpha value is -3.24. The maximum atomic E-state index is 12.3. The quantitative estimate of drug-likeness (QED) is 0.534. The average molecular weight is 369 g/mol. The van der Waals surface area contributed by atoms with E-state index in [0.717, 1.165) is 11.1 Å². The monoisotopic (exact) mass is 369 g/mol. The Kier molecular flexibility index (Phi) is 5.04. The van der Waals surface area contributed by atoms with E-state index in [1.807, 2.05) is 43.3 Å². The van der Waals surface area contributed by atoms with Crippen LogP contribution < -0.4 is 10.9 Å². The highest BCUT2D eigenvalue weighted by molar-refractivity contribution is 5.80. The summed E-state index contributed by atoms with van der Waals surface area (Å²) in [5, 5.41) is 4.09. The van der Waals surface area contributed by atoms with Crippen molar-refractivity contribution in [3.8, 4) is 11.1 Å². The Morgan fingerprint density at radius 2 is 1.64 bits per heavy atom. The van der Waals surface area contributed by atoms with Crippen LogP contribution in [-0.2, 0) is 6.54 Å². The molecule has 28 heavy (non-hydrogen) atoms. The summed E-state index contributed by atoms with van der Waals surface area (Å²) in [5.74, 6) is 0.652. The molecule has 1 aromatic heterocycles. The van der Waals surface area contributed by atoms with Gasteiger partial charge in [-0.25, -0.2) is 4.98 Å². The van der Waals surface area contributed by atoms with Crippen molar-refractivity contribution in [2.75, 3.05) is 0 Å². The highest BCUT2D eigenvalue weighted by Crippen LogP contribution is 2.22. The number of fused-ring (bicyclic) bond motifs is 1. The van der Waals surface area contributed by atoms with E-state index in [1.165, 1.54) is 16.7 Å². The normalized spacial score (nSPS) is 12.2. The molecule has 1 atom stereocenters. The van der Waals surface area contributed by atoms with Gasteiger partial charge < -0.3 is 10.3 Å². The van der Waals surface area contributed by atoms with Gasteiger partial charge in [0.25, 0.3) is 5.56 Å². The van der Waals surface area contributed by atoms with Gasteiger partial charge in [0.15, 0.2) is 0 Å². The summed E-state index contributed by atoms with van der Waals surface area (Å²) >= 11 is 0. The Labute approximate surface area is 164 Å². The molecule has 4 aromatic rings. The van der Waals surface area contributed by atoms with Crippen LogP contribution in [0, 0.1) is 6.92 Å². The van der Waals surface area contributed by atoms with E-state index in [4.69, 9.17) is 0 Å². The molecular weight excluding hydrogens is 346 g/mol. The van der Waals surface area contributed by atoms with Gasteiger partial charge in [-0.15, -0.1) is 0 Å². The van der Waals surface area contributed by atoms with Gasteiger partial charge >= 0.3 is 0 Å². The number of hydrogen-bond donors (Lipinski definition) is 2. The molecule has 0 bridgehead atoms. The number of benzene rings is 3. The number of aryl methyl sites for hydroxylation is 1. The topological polar surface area (TPSA) is 57.8 Å². The molecule has 0 amide bonds. The van der Waals surface area contributed by atoms with Crippen LogP contribution in [0.4, 0.5) is 0 Å². The molecule has 0 unspecified atom stereocenters. The summed E-state index contributed by atoms with van der Waals surface area (Å²) in [7, 11) is 0. The standard InChI is InChI=1S/C24H23N3O/c1-16-7-6-10-21-23(16)26-22(27-24(21)28)15-25-17(2)18-11-13-20(14-12-18)19-8-4-3-5-9-19/h3-14,17,25H,15H2,1-2H3,(H,26,27,28)/t17-/m1/s1. The Morgan fingerprint density at radius 3 is 2.39 bits per heavy atom. The smallest absolute Gasteiger partial charge is 0.258 e. The van der Waals surface area contributed by atoms with Crippen LogP contribution in [0.1, 0.15) is 29.9 Å². The average Bonchev–Trinajstić information content (AvgIpc) is 2.73. The molecule has 0 saturated carbocycles. The number of nitrogens with one attached hydrogen (secondary N) is 2. The first-order valence-corrected chi connectivity index (χ1v) is 9.49. The van der Waals surface area contributed by atoms with E-state index in [-0.39, 0.29) is 11.6 Å². The van der Waals surface area contributed by atoms with Gasteiger partial charge in [-0.3, -0.25) is 4.79 Å². The van der Waals surface area contributed by atoms with E-state index in [2.05, 4.69) is 58.6 Å². The molecule has 0 saturated heterocycles. The second-order valence-corrected chi connectivity index (χ2v) is 7.07. The van der Waals surface area contributed by atoms with Crippen LogP contribution in [0.25, 0.3) is 22.0 Å². The van der Waals surface area contributed by atoms with Gasteiger partial charge in [-0.1, -0.05) is 66.7 Å². The minimum atomic E-state index is -0.0923. The number of nitrogens with zero attached hydrogens (tertiary/aromatic N) is 1. The van der Waals surface area contributed by atoms with Gasteiger partial charge in [0.1, 0.15) is 5.82 Å². The number of hydrogen-bond acceptors (Lipinski definition) is 3. The van der Waals surface area contributed by atoms with Crippen LogP contribution in [0.3, 0.4) is 0 Å². The Balaban J connectivity index is 1.49. The summed E-state index contributed by atoms with van der Waals surface area (Å²) in [6, 6.07) is 24.7. The van der Waals surface area contributed by atoms with Gasteiger partial charge in [0, 0.05) is 6.04 Å². The number of rotatable bonds is 5. The van der Waals surface area contributed by atoms with Gasteiger partial charge in [-0.05, 0) is 42.2 Å². The van der Waals surface area contributed by atoms with Crippen molar-refractivity contribution < 1.29 is 0 Å². The molecule has 0 aliphatic heterocycles. The van der Waals surface area contributed by atoms with E-state index < -0.39 is 0 Å². The lowest BCUT2D eigenvalue weighted by Gasteiger charge is -2.15. The Morgan fingerprint density at radius 1 is 0.929 bits per heavy atom. The van der Waals surface area contributed by atoms with Gasteiger partial charge in [0.2, 0.25) is 0 Å². The number of H-pyrrole nitrogens is 1. The third kappa shape index (κ3) is 3.73. The van der Waals surface area contributed by atoms with Crippen molar-refractivity contribution in [3.05, 3.63) is 100 Å². The summed E-state index contributed by atoms with van der Waals surface area (Å²) in [4.78, 5) is 19.8. The predicted octanol–water partition coefficient (Wildman–Crippen LogP) is 4.75. The first-order valence-electron chi connectivity index (χ1n) is 9.49. The highest BCUT2D eigenvalue weighted by Gasteiger charge is 2.09. The summed E-state index contributed by atoms with van der Waals surface area (Å²) in [6.45, 7) is 4.59. The number of aromatic amines is 1. The summed E-state index contributed by atoms with van der Waals surface area (Å²) in [5.41, 5.74) is 5.29. The summed E-state index contributed by atoms with van der Waals surface area (Å²) in [6.07, 6.45) is 0. The molecule has 4 heteroatoms. The van der Waals surface area contributed by atoms with E-state index >= 15 is 0 Å². The fraction of sp³-hybridized carbons (Fsp3) is 0.167. The maximum absolute atomic E-state index is 12.3. The molecule has 4 rings (SSSR count).